The van der Waals surface area contributed by atoms with Gasteiger partial charge in [-0.15, -0.1) is 11.3 Å². The van der Waals surface area contributed by atoms with Gasteiger partial charge in [0.05, 0.1) is 0 Å². The summed E-state index contributed by atoms with van der Waals surface area (Å²) in [5, 5.41) is 7.71. The highest BCUT2D eigenvalue weighted by atomic mass is 32.2. The van der Waals surface area contributed by atoms with Crippen LogP contribution in [0.4, 0.5) is 0 Å². The molecule has 1 rings (SSSR count). The molecule has 1 aromatic rings. The van der Waals surface area contributed by atoms with E-state index in [9.17, 15) is 13.2 Å². The zero-order valence-corrected chi connectivity index (χ0v) is 12.4. The summed E-state index contributed by atoms with van der Waals surface area (Å²) in [5.41, 5.74) is 0. The fourth-order valence-corrected chi connectivity index (χ4v) is 3.11. The van der Waals surface area contributed by atoms with Crippen LogP contribution in [0.5, 0.6) is 0 Å². The van der Waals surface area contributed by atoms with E-state index in [0.717, 1.165) is 22.6 Å². The second kappa shape index (κ2) is 7.59. The quantitative estimate of drug-likeness (QED) is 0.682. The van der Waals surface area contributed by atoms with Crippen molar-refractivity contribution in [3.63, 3.8) is 0 Å². The van der Waals surface area contributed by atoms with Crippen LogP contribution in [0.3, 0.4) is 0 Å². The van der Waals surface area contributed by atoms with Crippen molar-refractivity contribution in [3.8, 4) is 0 Å². The number of thiophene rings is 1. The van der Waals surface area contributed by atoms with Gasteiger partial charge in [0.2, 0.25) is 15.9 Å². The van der Waals surface area contributed by atoms with Gasteiger partial charge in [-0.25, -0.2) is 13.6 Å². The minimum atomic E-state index is -3.63. The van der Waals surface area contributed by atoms with Gasteiger partial charge in [0.1, 0.15) is 10.8 Å². The van der Waals surface area contributed by atoms with Gasteiger partial charge in [-0.3, -0.25) is 4.79 Å². The molecular weight excluding hydrogens is 288 g/mol. The van der Waals surface area contributed by atoms with Gasteiger partial charge in [-0.2, -0.15) is 0 Å². The van der Waals surface area contributed by atoms with Crippen molar-refractivity contribution in [2.24, 2.45) is 5.14 Å². The van der Waals surface area contributed by atoms with E-state index in [1.807, 2.05) is 6.92 Å². The van der Waals surface area contributed by atoms with Crippen molar-refractivity contribution in [2.75, 3.05) is 19.8 Å². The fraction of sp³-hybridized carbons (Fsp3) is 0.545. The number of amides is 1. The van der Waals surface area contributed by atoms with E-state index in [1.54, 1.807) is 6.07 Å². The number of nitrogens with two attached hydrogens (primary N) is 1. The molecule has 0 spiro atoms. The van der Waals surface area contributed by atoms with Crippen LogP contribution < -0.4 is 10.5 Å². The Morgan fingerprint density at radius 3 is 2.79 bits per heavy atom. The van der Waals surface area contributed by atoms with Crippen LogP contribution in [-0.2, 0) is 26.0 Å². The maximum atomic E-state index is 11.3. The minimum absolute atomic E-state index is 0.0563. The van der Waals surface area contributed by atoms with Crippen molar-refractivity contribution < 1.29 is 17.9 Å². The van der Waals surface area contributed by atoms with Crippen LogP contribution in [0.15, 0.2) is 16.3 Å². The lowest BCUT2D eigenvalue weighted by Gasteiger charge is -2.04. The summed E-state index contributed by atoms with van der Waals surface area (Å²) in [7, 11) is -3.63. The summed E-state index contributed by atoms with van der Waals surface area (Å²) in [6.07, 6.45) is 1.44. The third-order valence-electron chi connectivity index (χ3n) is 2.19. The predicted molar refractivity (Wildman–Crippen MR) is 73.5 cm³/mol. The Morgan fingerprint density at radius 1 is 1.47 bits per heavy atom. The van der Waals surface area contributed by atoms with Gasteiger partial charge in [-0.05, 0) is 25.0 Å². The topological polar surface area (TPSA) is 98.5 Å². The Kier molecular flexibility index (Phi) is 6.43. The molecule has 0 unspecified atom stereocenters. The lowest BCUT2D eigenvalue weighted by Crippen LogP contribution is -2.29. The first kappa shape index (κ1) is 16.1. The standard InChI is InChI=1S/C11H18N2O4S2/c1-2-7-17-8-10(14)13-6-5-9-3-4-11(18-9)19(12,15)16/h3-4H,2,5-8H2,1H3,(H,13,14)(H2,12,15,16). The summed E-state index contributed by atoms with van der Waals surface area (Å²) in [6, 6.07) is 3.17. The van der Waals surface area contributed by atoms with E-state index in [2.05, 4.69) is 5.32 Å². The third-order valence-corrected chi connectivity index (χ3v) is 4.78. The molecule has 1 heterocycles. The second-order valence-corrected chi connectivity index (χ2v) is 6.87. The summed E-state index contributed by atoms with van der Waals surface area (Å²) >= 11 is 1.12. The molecule has 3 N–H and O–H groups in total. The van der Waals surface area contributed by atoms with Gasteiger partial charge in [-0.1, -0.05) is 6.92 Å². The molecular formula is C11H18N2O4S2. The van der Waals surface area contributed by atoms with Crippen LogP contribution in [0.1, 0.15) is 18.2 Å². The van der Waals surface area contributed by atoms with Gasteiger partial charge >= 0.3 is 0 Å². The van der Waals surface area contributed by atoms with E-state index in [0.29, 0.717) is 19.6 Å². The molecule has 0 atom stereocenters. The number of hydrogen-bond acceptors (Lipinski definition) is 5. The fourth-order valence-electron chi connectivity index (χ4n) is 1.33. The average molecular weight is 306 g/mol. The smallest absolute Gasteiger partial charge is 0.247 e. The molecule has 1 aromatic heterocycles. The van der Waals surface area contributed by atoms with E-state index in [1.165, 1.54) is 6.07 Å². The molecule has 0 bridgehead atoms. The molecule has 0 radical (unpaired) electrons. The van der Waals surface area contributed by atoms with Crippen LogP contribution in [0.25, 0.3) is 0 Å². The molecule has 0 fully saturated rings. The van der Waals surface area contributed by atoms with E-state index >= 15 is 0 Å². The highest BCUT2D eigenvalue weighted by Gasteiger charge is 2.11. The molecule has 108 valence electrons. The van der Waals surface area contributed by atoms with Gasteiger partial charge in [0.25, 0.3) is 0 Å². The number of sulfonamides is 1. The zero-order valence-electron chi connectivity index (χ0n) is 10.7. The SMILES string of the molecule is CCCOCC(=O)NCCc1ccc(S(N)(=O)=O)s1. The summed E-state index contributed by atoms with van der Waals surface area (Å²) in [4.78, 5) is 12.2. The van der Waals surface area contributed by atoms with Gasteiger partial charge < -0.3 is 10.1 Å². The predicted octanol–water partition coefficient (Wildman–Crippen LogP) is 0.481. The van der Waals surface area contributed by atoms with Crippen molar-refractivity contribution in [3.05, 3.63) is 17.0 Å². The molecule has 0 aliphatic heterocycles. The largest absolute Gasteiger partial charge is 0.372 e. The molecule has 0 aromatic carbocycles. The molecule has 8 heteroatoms. The van der Waals surface area contributed by atoms with Crippen molar-refractivity contribution in [1.82, 2.24) is 5.32 Å². The Labute approximate surface area is 117 Å². The first-order chi connectivity index (χ1) is 8.93. The van der Waals surface area contributed by atoms with Crippen LogP contribution in [-0.4, -0.2) is 34.1 Å². The first-order valence-corrected chi connectivity index (χ1v) is 8.25. The Morgan fingerprint density at radius 2 is 2.21 bits per heavy atom. The van der Waals surface area contributed by atoms with Gasteiger partial charge in [0, 0.05) is 18.0 Å². The number of carbonyl (C=O) groups excluding carboxylic acids is 1. The molecule has 0 aliphatic carbocycles. The number of hydrogen-bond donors (Lipinski definition) is 2. The number of rotatable bonds is 8. The highest BCUT2D eigenvalue weighted by molar-refractivity contribution is 7.91. The maximum absolute atomic E-state index is 11.3. The van der Waals surface area contributed by atoms with Crippen molar-refractivity contribution in [2.45, 2.75) is 24.0 Å². The van der Waals surface area contributed by atoms with E-state index < -0.39 is 10.0 Å². The lowest BCUT2D eigenvalue weighted by molar-refractivity contribution is -0.125. The van der Waals surface area contributed by atoms with E-state index in [4.69, 9.17) is 9.88 Å². The lowest BCUT2D eigenvalue weighted by atomic mass is 10.3. The summed E-state index contributed by atoms with van der Waals surface area (Å²) in [5.74, 6) is -0.170. The molecule has 6 nitrogen and oxygen atoms in total. The molecule has 0 saturated heterocycles. The zero-order chi connectivity index (χ0) is 14.3. The van der Waals surface area contributed by atoms with Crippen LogP contribution in [0.2, 0.25) is 0 Å². The number of nitrogens with one attached hydrogen (secondary N) is 1. The van der Waals surface area contributed by atoms with Gasteiger partial charge in [0.15, 0.2) is 0 Å². The molecule has 1 amide bonds. The maximum Gasteiger partial charge on any atom is 0.247 e. The molecule has 0 saturated carbocycles. The monoisotopic (exact) mass is 306 g/mol. The highest BCUT2D eigenvalue weighted by Crippen LogP contribution is 2.20. The van der Waals surface area contributed by atoms with Crippen LogP contribution in [0, 0.1) is 0 Å². The normalized spacial score (nSPS) is 11.5. The molecule has 0 aliphatic rings. The van der Waals surface area contributed by atoms with Crippen molar-refractivity contribution in [1.29, 1.82) is 0 Å². The Balaban J connectivity index is 2.30. The second-order valence-electron chi connectivity index (χ2n) is 3.92. The Hall–Kier alpha value is -0.960. The average Bonchev–Trinajstić information content (AvgIpc) is 2.78. The van der Waals surface area contributed by atoms with Crippen molar-refractivity contribution >= 4 is 27.3 Å². The Bertz CT molecular complexity index is 511. The number of primary sulfonamides is 1. The summed E-state index contributed by atoms with van der Waals surface area (Å²) in [6.45, 7) is 3.04. The first-order valence-electron chi connectivity index (χ1n) is 5.89. The van der Waals surface area contributed by atoms with Crippen LogP contribution >= 0.6 is 11.3 Å². The number of ether oxygens (including phenoxy) is 1. The van der Waals surface area contributed by atoms with E-state index in [-0.39, 0.29) is 16.7 Å². The molecule has 19 heavy (non-hydrogen) atoms. The minimum Gasteiger partial charge on any atom is -0.372 e. The number of carbonyl (C=O) groups is 1. The third kappa shape index (κ3) is 6.15. The summed E-state index contributed by atoms with van der Waals surface area (Å²) < 4.78 is 27.4.